The maximum Gasteiger partial charge on any atom is 0.00582 e. The Hall–Kier alpha value is -1.04. The number of rotatable bonds is 0. The van der Waals surface area contributed by atoms with Crippen molar-refractivity contribution in [3.05, 3.63) is 47.6 Å². The van der Waals surface area contributed by atoms with Crippen LogP contribution in [0.2, 0.25) is 0 Å². The maximum atomic E-state index is 2.30. The highest BCUT2D eigenvalue weighted by Gasteiger charge is 2.16. The van der Waals surface area contributed by atoms with Crippen molar-refractivity contribution in [2.24, 2.45) is 5.92 Å². The van der Waals surface area contributed by atoms with Gasteiger partial charge in [-0.2, -0.15) is 0 Å². The largest absolute Gasteiger partial charge is 0.0767 e. The molecule has 0 bridgehead atoms. The molecule has 0 saturated carbocycles. The summed E-state index contributed by atoms with van der Waals surface area (Å²) in [5.41, 5.74) is 2.97. The molecule has 2 aliphatic rings. The summed E-state index contributed by atoms with van der Waals surface area (Å²) in [5, 5.41) is 0. The fourth-order valence-electron chi connectivity index (χ4n) is 1.70. The Bertz CT molecular complexity index is 274. The van der Waals surface area contributed by atoms with Gasteiger partial charge in [0.2, 0.25) is 0 Å². The molecule has 0 radical (unpaired) electrons. The van der Waals surface area contributed by atoms with E-state index in [0.29, 0.717) is 5.92 Å². The summed E-state index contributed by atoms with van der Waals surface area (Å²) < 4.78 is 0. The summed E-state index contributed by atoms with van der Waals surface area (Å²) in [5.74, 6) is 0.657. The lowest BCUT2D eigenvalue weighted by molar-refractivity contribution is 0.808. The minimum Gasteiger partial charge on any atom is -0.0767 e. The van der Waals surface area contributed by atoms with E-state index in [1.165, 1.54) is 17.6 Å². The van der Waals surface area contributed by atoms with Gasteiger partial charge in [0.1, 0.15) is 0 Å². The summed E-state index contributed by atoms with van der Waals surface area (Å²) in [4.78, 5) is 0. The zero-order valence-corrected chi connectivity index (χ0v) is 6.75. The Morgan fingerprint density at radius 2 is 2.18 bits per heavy atom. The molecule has 2 rings (SSSR count). The minimum atomic E-state index is 0.657. The van der Waals surface area contributed by atoms with Crippen molar-refractivity contribution in [3.8, 4) is 0 Å². The number of allylic oxidation sites excluding steroid dienone is 8. The van der Waals surface area contributed by atoms with Crippen LogP contribution in [0.3, 0.4) is 0 Å². The van der Waals surface area contributed by atoms with Crippen molar-refractivity contribution in [1.29, 1.82) is 0 Å². The molecule has 2 aliphatic carbocycles. The van der Waals surface area contributed by atoms with E-state index in [2.05, 4.69) is 43.4 Å². The van der Waals surface area contributed by atoms with Crippen LogP contribution in [0.5, 0.6) is 0 Å². The first-order chi connectivity index (χ1) is 5.36. The van der Waals surface area contributed by atoms with Gasteiger partial charge in [-0.3, -0.25) is 0 Å². The van der Waals surface area contributed by atoms with E-state index in [1.54, 1.807) is 0 Å². The molecule has 0 aliphatic heterocycles. The molecule has 11 heavy (non-hydrogen) atoms. The lowest BCUT2D eigenvalue weighted by Gasteiger charge is -2.03. The lowest BCUT2D eigenvalue weighted by atomic mass is 10.0. The van der Waals surface area contributed by atoms with E-state index in [4.69, 9.17) is 0 Å². The quantitative estimate of drug-likeness (QED) is 0.490. The van der Waals surface area contributed by atoms with Crippen LogP contribution in [0.4, 0.5) is 0 Å². The van der Waals surface area contributed by atoms with Crippen LogP contribution in [-0.2, 0) is 0 Å². The third-order valence-corrected chi connectivity index (χ3v) is 2.24. The van der Waals surface area contributed by atoms with Crippen molar-refractivity contribution in [3.63, 3.8) is 0 Å². The van der Waals surface area contributed by atoms with Gasteiger partial charge in [0.05, 0.1) is 0 Å². The zero-order chi connectivity index (χ0) is 7.68. The molecule has 1 unspecified atom stereocenters. The Balaban J connectivity index is 2.35. The second-order valence-electron chi connectivity index (χ2n) is 3.24. The SMILES string of the molecule is CC1=CC2=CC=CC=CC2C1. The fourth-order valence-corrected chi connectivity index (χ4v) is 1.70. The van der Waals surface area contributed by atoms with Crippen molar-refractivity contribution in [2.75, 3.05) is 0 Å². The lowest BCUT2D eigenvalue weighted by Crippen LogP contribution is -1.90. The predicted molar refractivity (Wildman–Crippen MR) is 48.2 cm³/mol. The Labute approximate surface area is 67.6 Å². The van der Waals surface area contributed by atoms with Gasteiger partial charge in [0, 0.05) is 5.92 Å². The third kappa shape index (κ3) is 1.21. The minimum absolute atomic E-state index is 0.657. The summed E-state index contributed by atoms with van der Waals surface area (Å²) >= 11 is 0. The fraction of sp³-hybridized carbons (Fsp3) is 0.273. The second kappa shape index (κ2) is 2.54. The Morgan fingerprint density at radius 1 is 1.27 bits per heavy atom. The van der Waals surface area contributed by atoms with Crippen molar-refractivity contribution < 1.29 is 0 Å². The molecular weight excluding hydrogens is 132 g/mol. The van der Waals surface area contributed by atoms with Crippen molar-refractivity contribution >= 4 is 0 Å². The average Bonchev–Trinajstić information content (AvgIpc) is 2.17. The molecular formula is C11H12. The van der Waals surface area contributed by atoms with Crippen LogP contribution in [0, 0.1) is 5.92 Å². The molecule has 0 aromatic rings. The first-order valence-electron chi connectivity index (χ1n) is 4.08. The third-order valence-electron chi connectivity index (χ3n) is 2.24. The molecule has 0 heteroatoms. The number of fused-ring (bicyclic) bond motifs is 1. The summed E-state index contributed by atoms with van der Waals surface area (Å²) in [6.07, 6.45) is 14.3. The topological polar surface area (TPSA) is 0 Å². The van der Waals surface area contributed by atoms with E-state index in [9.17, 15) is 0 Å². The van der Waals surface area contributed by atoms with Crippen molar-refractivity contribution in [1.82, 2.24) is 0 Å². The smallest absolute Gasteiger partial charge is 0.00582 e. The van der Waals surface area contributed by atoms with E-state index in [0.717, 1.165) is 0 Å². The molecule has 0 nitrogen and oxygen atoms in total. The molecule has 0 heterocycles. The zero-order valence-electron chi connectivity index (χ0n) is 6.75. The van der Waals surface area contributed by atoms with Crippen molar-refractivity contribution in [2.45, 2.75) is 13.3 Å². The normalized spacial score (nSPS) is 27.5. The average molecular weight is 144 g/mol. The van der Waals surface area contributed by atoms with Gasteiger partial charge < -0.3 is 0 Å². The van der Waals surface area contributed by atoms with Gasteiger partial charge in [-0.05, 0) is 18.9 Å². The maximum absolute atomic E-state index is 2.30. The van der Waals surface area contributed by atoms with Gasteiger partial charge in [-0.15, -0.1) is 0 Å². The highest BCUT2D eigenvalue weighted by molar-refractivity contribution is 5.40. The summed E-state index contributed by atoms with van der Waals surface area (Å²) in [6, 6.07) is 0. The van der Waals surface area contributed by atoms with Crippen LogP contribution in [-0.4, -0.2) is 0 Å². The molecule has 0 fully saturated rings. The first kappa shape index (κ1) is 6.66. The molecule has 0 aromatic carbocycles. The van der Waals surface area contributed by atoms with E-state index < -0.39 is 0 Å². The van der Waals surface area contributed by atoms with Crippen LogP contribution in [0.15, 0.2) is 47.6 Å². The molecule has 0 N–H and O–H groups in total. The molecule has 1 atom stereocenters. The first-order valence-corrected chi connectivity index (χ1v) is 4.08. The van der Waals surface area contributed by atoms with Crippen LogP contribution in [0.1, 0.15) is 13.3 Å². The number of hydrogen-bond donors (Lipinski definition) is 0. The van der Waals surface area contributed by atoms with Crippen LogP contribution in [0.25, 0.3) is 0 Å². The second-order valence-corrected chi connectivity index (χ2v) is 3.24. The highest BCUT2D eigenvalue weighted by atomic mass is 14.2. The summed E-state index contributed by atoms with van der Waals surface area (Å²) in [7, 11) is 0. The monoisotopic (exact) mass is 144 g/mol. The highest BCUT2D eigenvalue weighted by Crippen LogP contribution is 2.31. The molecule has 0 amide bonds. The molecule has 56 valence electrons. The van der Waals surface area contributed by atoms with Gasteiger partial charge in [0.15, 0.2) is 0 Å². The molecule has 0 spiro atoms. The van der Waals surface area contributed by atoms with Gasteiger partial charge in [-0.25, -0.2) is 0 Å². The van der Waals surface area contributed by atoms with Crippen LogP contribution < -0.4 is 0 Å². The molecule has 0 aromatic heterocycles. The predicted octanol–water partition coefficient (Wildman–Crippen LogP) is 3.01. The number of hydrogen-bond acceptors (Lipinski definition) is 0. The van der Waals surface area contributed by atoms with Gasteiger partial charge >= 0.3 is 0 Å². The Kier molecular flexibility index (Phi) is 1.54. The van der Waals surface area contributed by atoms with E-state index in [-0.39, 0.29) is 0 Å². The Morgan fingerprint density at radius 3 is 3.09 bits per heavy atom. The van der Waals surface area contributed by atoms with Crippen LogP contribution >= 0.6 is 0 Å². The van der Waals surface area contributed by atoms with Gasteiger partial charge in [0.25, 0.3) is 0 Å². The van der Waals surface area contributed by atoms with E-state index >= 15 is 0 Å². The van der Waals surface area contributed by atoms with E-state index in [1.807, 2.05) is 0 Å². The summed E-state index contributed by atoms with van der Waals surface area (Å²) in [6.45, 7) is 2.20. The van der Waals surface area contributed by atoms with Gasteiger partial charge in [-0.1, -0.05) is 42.0 Å². The standard InChI is InChI=1S/C11H12/c1-9-7-10-5-3-2-4-6-11(10)8-9/h2-7,11H,8H2,1H3. The molecule has 0 saturated heterocycles.